The Balaban J connectivity index is 1.89. The lowest BCUT2D eigenvalue weighted by Crippen LogP contribution is -2.60. The van der Waals surface area contributed by atoms with Gasteiger partial charge < -0.3 is 5.32 Å². The average Bonchev–Trinajstić information content (AvgIpc) is 2.89. The molecule has 1 aliphatic rings. The molecule has 0 saturated carbocycles. The van der Waals surface area contributed by atoms with E-state index in [2.05, 4.69) is 82.5 Å². The van der Waals surface area contributed by atoms with Crippen molar-refractivity contribution in [1.82, 2.24) is 10.2 Å². The molecule has 21 heavy (non-hydrogen) atoms. The Labute approximate surface area is 139 Å². The van der Waals surface area contributed by atoms with Gasteiger partial charge in [-0.1, -0.05) is 30.3 Å². The maximum atomic E-state index is 3.64. The lowest BCUT2D eigenvalue weighted by molar-refractivity contribution is 0.0468. The molecule has 0 aliphatic carbocycles. The second-order valence-corrected chi connectivity index (χ2v) is 8.56. The molecule has 2 nitrogen and oxygen atoms in total. The van der Waals surface area contributed by atoms with Crippen LogP contribution in [0.3, 0.4) is 0 Å². The van der Waals surface area contributed by atoms with Crippen LogP contribution in [-0.2, 0) is 12.1 Å². The molecule has 0 radical (unpaired) electrons. The van der Waals surface area contributed by atoms with Gasteiger partial charge in [-0.25, -0.2) is 0 Å². The van der Waals surface area contributed by atoms with Crippen LogP contribution in [0.2, 0.25) is 0 Å². The predicted molar refractivity (Wildman–Crippen MR) is 93.7 cm³/mol. The molecule has 3 rings (SSSR count). The number of piperazine rings is 1. The van der Waals surface area contributed by atoms with E-state index in [0.29, 0.717) is 6.04 Å². The van der Waals surface area contributed by atoms with Crippen molar-refractivity contribution < 1.29 is 0 Å². The van der Waals surface area contributed by atoms with Crippen LogP contribution in [0.4, 0.5) is 0 Å². The van der Waals surface area contributed by atoms with E-state index in [0.717, 1.165) is 19.6 Å². The molecule has 2 aromatic rings. The van der Waals surface area contributed by atoms with Gasteiger partial charge in [0.05, 0.1) is 9.33 Å². The van der Waals surface area contributed by atoms with Crippen LogP contribution in [0.1, 0.15) is 24.3 Å². The summed E-state index contributed by atoms with van der Waals surface area (Å²) in [5.41, 5.74) is 1.43. The fourth-order valence-corrected chi connectivity index (χ4v) is 4.53. The lowest BCUT2D eigenvalue weighted by atomic mass is 9.87. The first kappa shape index (κ1) is 15.2. The third-order valence-electron chi connectivity index (χ3n) is 4.36. The van der Waals surface area contributed by atoms with Crippen LogP contribution in [0.5, 0.6) is 0 Å². The van der Waals surface area contributed by atoms with Crippen molar-refractivity contribution in [3.8, 4) is 0 Å². The number of rotatable bonds is 3. The van der Waals surface area contributed by atoms with E-state index >= 15 is 0 Å². The van der Waals surface area contributed by atoms with E-state index in [1.807, 2.05) is 11.3 Å². The highest BCUT2D eigenvalue weighted by Crippen LogP contribution is 2.33. The number of nitrogens with one attached hydrogen (secondary N) is 1. The highest BCUT2D eigenvalue weighted by atomic mass is 79.9. The van der Waals surface area contributed by atoms with Crippen molar-refractivity contribution in [2.75, 3.05) is 13.1 Å². The number of halogens is 1. The lowest BCUT2D eigenvalue weighted by Gasteiger charge is -2.47. The maximum absolute atomic E-state index is 3.64. The summed E-state index contributed by atoms with van der Waals surface area (Å²) in [6, 6.07) is 15.8. The summed E-state index contributed by atoms with van der Waals surface area (Å²) in [5.74, 6) is 0. The normalized spacial score (nSPS) is 26.9. The summed E-state index contributed by atoms with van der Waals surface area (Å²) in [4.78, 5) is 4.03. The fraction of sp³-hybridized carbons (Fsp3) is 0.412. The minimum absolute atomic E-state index is 0.0459. The molecule has 0 spiro atoms. The van der Waals surface area contributed by atoms with Crippen LogP contribution < -0.4 is 5.32 Å². The van der Waals surface area contributed by atoms with Gasteiger partial charge >= 0.3 is 0 Å². The Kier molecular flexibility index (Phi) is 4.50. The van der Waals surface area contributed by atoms with Crippen LogP contribution >= 0.6 is 27.3 Å². The van der Waals surface area contributed by atoms with Gasteiger partial charge in [-0.15, -0.1) is 11.3 Å². The zero-order chi connectivity index (χ0) is 14.9. The SMILES string of the molecule is CC1CN(Cc2ccc(Br)s2)C(C)(c2ccccc2)CN1. The number of nitrogens with zero attached hydrogens (tertiary/aromatic N) is 1. The van der Waals surface area contributed by atoms with Gasteiger partial charge in [-0.2, -0.15) is 0 Å². The monoisotopic (exact) mass is 364 g/mol. The van der Waals surface area contributed by atoms with Gasteiger partial charge in [0.25, 0.3) is 0 Å². The minimum atomic E-state index is 0.0459. The molecule has 1 aromatic heterocycles. The Morgan fingerprint density at radius 2 is 2.05 bits per heavy atom. The molecular weight excluding hydrogens is 344 g/mol. The third kappa shape index (κ3) is 3.24. The molecule has 1 aliphatic heterocycles. The molecule has 2 unspecified atom stereocenters. The molecular formula is C17H21BrN2S. The van der Waals surface area contributed by atoms with Gasteiger partial charge in [0.15, 0.2) is 0 Å². The van der Waals surface area contributed by atoms with Crippen molar-refractivity contribution in [2.24, 2.45) is 0 Å². The molecule has 2 heterocycles. The first-order valence-corrected chi connectivity index (χ1v) is 8.97. The summed E-state index contributed by atoms with van der Waals surface area (Å²) in [6.45, 7) is 7.69. The van der Waals surface area contributed by atoms with Crippen molar-refractivity contribution in [3.63, 3.8) is 0 Å². The van der Waals surface area contributed by atoms with Gasteiger partial charge in [0.2, 0.25) is 0 Å². The molecule has 1 fully saturated rings. The molecule has 0 bridgehead atoms. The van der Waals surface area contributed by atoms with Crippen LogP contribution in [0.25, 0.3) is 0 Å². The van der Waals surface area contributed by atoms with Crippen molar-refractivity contribution in [3.05, 3.63) is 56.7 Å². The van der Waals surface area contributed by atoms with Gasteiger partial charge in [-0.3, -0.25) is 4.90 Å². The van der Waals surface area contributed by atoms with Crippen LogP contribution in [-0.4, -0.2) is 24.0 Å². The quantitative estimate of drug-likeness (QED) is 0.876. The summed E-state index contributed by atoms with van der Waals surface area (Å²) in [5, 5.41) is 3.64. The molecule has 1 N–H and O–H groups in total. The van der Waals surface area contributed by atoms with Gasteiger partial charge in [0.1, 0.15) is 0 Å². The smallest absolute Gasteiger partial charge is 0.0701 e. The Morgan fingerprint density at radius 1 is 1.29 bits per heavy atom. The highest BCUT2D eigenvalue weighted by molar-refractivity contribution is 9.11. The number of thiophene rings is 1. The Hall–Kier alpha value is -0.680. The van der Waals surface area contributed by atoms with Crippen LogP contribution in [0.15, 0.2) is 46.3 Å². The Bertz CT molecular complexity index is 598. The van der Waals surface area contributed by atoms with E-state index in [1.54, 1.807) is 0 Å². The summed E-state index contributed by atoms with van der Waals surface area (Å²) in [7, 11) is 0. The number of benzene rings is 1. The van der Waals surface area contributed by atoms with Crippen LogP contribution in [0, 0.1) is 0 Å². The topological polar surface area (TPSA) is 15.3 Å². The van der Waals surface area contributed by atoms with E-state index < -0.39 is 0 Å². The average molecular weight is 365 g/mol. The predicted octanol–water partition coefficient (Wildman–Crippen LogP) is 4.22. The largest absolute Gasteiger partial charge is 0.311 e. The second kappa shape index (κ2) is 6.21. The first-order valence-electron chi connectivity index (χ1n) is 7.36. The molecule has 2 atom stereocenters. The van der Waals surface area contributed by atoms with Crippen molar-refractivity contribution in [2.45, 2.75) is 32.0 Å². The van der Waals surface area contributed by atoms with E-state index in [9.17, 15) is 0 Å². The molecule has 0 amide bonds. The van der Waals surface area contributed by atoms with Crippen molar-refractivity contribution in [1.29, 1.82) is 0 Å². The number of hydrogen-bond donors (Lipinski definition) is 1. The number of hydrogen-bond acceptors (Lipinski definition) is 3. The highest BCUT2D eigenvalue weighted by Gasteiger charge is 2.38. The molecule has 1 saturated heterocycles. The minimum Gasteiger partial charge on any atom is -0.311 e. The summed E-state index contributed by atoms with van der Waals surface area (Å²) < 4.78 is 1.21. The van der Waals surface area contributed by atoms with Crippen molar-refractivity contribution >= 4 is 27.3 Å². The zero-order valence-electron chi connectivity index (χ0n) is 12.5. The van der Waals surface area contributed by atoms with Gasteiger partial charge in [-0.05, 0) is 47.5 Å². The van der Waals surface area contributed by atoms with E-state index in [-0.39, 0.29) is 5.54 Å². The molecule has 4 heteroatoms. The molecule has 112 valence electrons. The maximum Gasteiger partial charge on any atom is 0.0701 e. The molecule has 1 aromatic carbocycles. The summed E-state index contributed by atoms with van der Waals surface area (Å²) in [6.07, 6.45) is 0. The summed E-state index contributed by atoms with van der Waals surface area (Å²) >= 11 is 5.40. The van der Waals surface area contributed by atoms with Gasteiger partial charge in [0, 0.05) is 30.6 Å². The first-order chi connectivity index (χ1) is 10.1. The zero-order valence-corrected chi connectivity index (χ0v) is 14.9. The Morgan fingerprint density at radius 3 is 2.71 bits per heavy atom. The van der Waals surface area contributed by atoms with E-state index in [1.165, 1.54) is 14.2 Å². The fourth-order valence-electron chi connectivity index (χ4n) is 3.03. The standard InChI is InChI=1S/C17H21BrN2S/c1-13-10-20(11-15-8-9-16(18)21-15)17(2,12-19-13)14-6-4-3-5-7-14/h3-9,13,19H,10-12H2,1-2H3. The van der Waals surface area contributed by atoms with E-state index in [4.69, 9.17) is 0 Å². The second-order valence-electron chi connectivity index (χ2n) is 6.01. The third-order valence-corrected chi connectivity index (χ3v) is 5.97.